The van der Waals surface area contributed by atoms with Crippen molar-refractivity contribution >= 4 is 5.91 Å². The fourth-order valence-electron chi connectivity index (χ4n) is 3.69. The zero-order chi connectivity index (χ0) is 13.8. The van der Waals surface area contributed by atoms with Crippen LogP contribution in [0.15, 0.2) is 0 Å². The molecule has 0 bridgehead atoms. The van der Waals surface area contributed by atoms with Crippen molar-refractivity contribution in [1.82, 2.24) is 10.2 Å². The molecule has 2 aliphatic carbocycles. The molecule has 1 amide bonds. The largest absolute Gasteiger partial charge is 0.379 e. The second kappa shape index (κ2) is 6.44. The quantitative estimate of drug-likeness (QED) is 0.835. The Morgan fingerprint density at radius 2 is 1.85 bits per heavy atom. The van der Waals surface area contributed by atoms with Crippen molar-refractivity contribution in [2.45, 2.75) is 44.9 Å². The first-order chi connectivity index (χ1) is 9.77. The predicted octanol–water partition coefficient (Wildman–Crippen LogP) is 1.80. The van der Waals surface area contributed by atoms with Crippen LogP contribution in [0.5, 0.6) is 0 Å². The third-order valence-electron chi connectivity index (χ3n) is 5.16. The molecule has 1 heterocycles. The highest BCUT2D eigenvalue weighted by Crippen LogP contribution is 2.37. The first-order valence-corrected chi connectivity index (χ1v) is 8.35. The van der Waals surface area contributed by atoms with Crippen LogP contribution in [0.3, 0.4) is 0 Å². The third kappa shape index (κ3) is 3.73. The normalized spacial score (nSPS) is 27.2. The zero-order valence-corrected chi connectivity index (χ0v) is 12.5. The lowest BCUT2D eigenvalue weighted by molar-refractivity contribution is -0.123. The number of carbonyl (C=O) groups is 1. The Kier molecular flexibility index (Phi) is 4.61. The molecule has 2 saturated carbocycles. The molecular weight excluding hydrogens is 252 g/mol. The van der Waals surface area contributed by atoms with Gasteiger partial charge in [0.2, 0.25) is 5.91 Å². The molecular formula is C16H28N2O2. The second-order valence-corrected chi connectivity index (χ2v) is 6.94. The van der Waals surface area contributed by atoms with Crippen LogP contribution in [0.1, 0.15) is 44.9 Å². The van der Waals surface area contributed by atoms with E-state index in [1.165, 1.54) is 32.1 Å². The maximum atomic E-state index is 11.9. The van der Waals surface area contributed by atoms with Crippen molar-refractivity contribution in [3.63, 3.8) is 0 Å². The lowest BCUT2D eigenvalue weighted by Crippen LogP contribution is -2.49. The minimum absolute atomic E-state index is 0.303. The summed E-state index contributed by atoms with van der Waals surface area (Å²) in [6.45, 7) is 5.87. The summed E-state index contributed by atoms with van der Waals surface area (Å²) in [6, 6.07) is 0. The van der Waals surface area contributed by atoms with E-state index in [0.29, 0.717) is 17.2 Å². The Morgan fingerprint density at radius 3 is 2.50 bits per heavy atom. The minimum atomic E-state index is 0.303. The Bertz CT molecular complexity index is 329. The molecule has 0 aromatic carbocycles. The zero-order valence-electron chi connectivity index (χ0n) is 12.5. The van der Waals surface area contributed by atoms with E-state index >= 15 is 0 Å². The van der Waals surface area contributed by atoms with Gasteiger partial charge in [0, 0.05) is 37.5 Å². The van der Waals surface area contributed by atoms with Gasteiger partial charge in [0.25, 0.3) is 0 Å². The smallest absolute Gasteiger partial charge is 0.223 e. The van der Waals surface area contributed by atoms with E-state index in [9.17, 15) is 4.79 Å². The van der Waals surface area contributed by atoms with Crippen molar-refractivity contribution in [2.75, 3.05) is 39.4 Å². The van der Waals surface area contributed by atoms with Gasteiger partial charge in [0.1, 0.15) is 0 Å². The van der Waals surface area contributed by atoms with Gasteiger partial charge in [0.05, 0.1) is 13.2 Å². The number of carbonyl (C=O) groups excluding carboxylic acids is 1. The van der Waals surface area contributed by atoms with Gasteiger partial charge in [0.15, 0.2) is 0 Å². The Morgan fingerprint density at radius 1 is 1.15 bits per heavy atom. The average Bonchev–Trinajstić information content (AvgIpc) is 3.32. The van der Waals surface area contributed by atoms with Gasteiger partial charge in [-0.3, -0.25) is 9.69 Å². The van der Waals surface area contributed by atoms with Crippen LogP contribution in [0.2, 0.25) is 0 Å². The number of hydrogen-bond donors (Lipinski definition) is 1. The molecule has 0 spiro atoms. The maximum absolute atomic E-state index is 11.9. The highest BCUT2D eigenvalue weighted by atomic mass is 16.5. The van der Waals surface area contributed by atoms with Crippen LogP contribution in [0.4, 0.5) is 0 Å². The average molecular weight is 280 g/mol. The van der Waals surface area contributed by atoms with Crippen molar-refractivity contribution in [3.05, 3.63) is 0 Å². The van der Waals surface area contributed by atoms with Gasteiger partial charge < -0.3 is 10.1 Å². The van der Waals surface area contributed by atoms with E-state index in [0.717, 1.165) is 52.2 Å². The van der Waals surface area contributed by atoms with Crippen LogP contribution in [0.25, 0.3) is 0 Å². The first kappa shape index (κ1) is 14.3. The summed E-state index contributed by atoms with van der Waals surface area (Å²) in [5.74, 6) is 0.635. The molecule has 114 valence electrons. The van der Waals surface area contributed by atoms with Gasteiger partial charge in [-0.25, -0.2) is 0 Å². The fraction of sp³-hybridized carbons (Fsp3) is 0.938. The number of nitrogens with one attached hydrogen (secondary N) is 1. The van der Waals surface area contributed by atoms with Gasteiger partial charge in [-0.1, -0.05) is 19.3 Å². The first-order valence-electron chi connectivity index (χ1n) is 8.35. The fourth-order valence-corrected chi connectivity index (χ4v) is 3.69. The molecule has 4 nitrogen and oxygen atoms in total. The molecule has 0 aromatic rings. The summed E-state index contributed by atoms with van der Waals surface area (Å²) >= 11 is 0. The van der Waals surface area contributed by atoms with Crippen LogP contribution >= 0.6 is 0 Å². The topological polar surface area (TPSA) is 41.6 Å². The van der Waals surface area contributed by atoms with Crippen molar-refractivity contribution < 1.29 is 9.53 Å². The number of rotatable bonds is 5. The lowest BCUT2D eigenvalue weighted by Gasteiger charge is -2.42. The monoisotopic (exact) mass is 280 g/mol. The molecule has 3 fully saturated rings. The number of hydrogen-bond acceptors (Lipinski definition) is 3. The summed E-state index contributed by atoms with van der Waals surface area (Å²) in [5.41, 5.74) is 0.320. The Labute approximate surface area is 122 Å². The molecule has 1 saturated heterocycles. The standard InChI is InChI=1S/C16H28N2O2/c19-15(14-4-5-14)17-12-16(6-2-1-3-7-16)13-18-8-10-20-11-9-18/h14H,1-13H2,(H,17,19). The molecule has 0 atom stereocenters. The summed E-state index contributed by atoms with van der Waals surface area (Å²) in [7, 11) is 0. The molecule has 20 heavy (non-hydrogen) atoms. The molecule has 1 aliphatic heterocycles. The SMILES string of the molecule is O=C(NCC1(CN2CCOCC2)CCCCC1)C1CC1. The molecule has 3 rings (SSSR count). The summed E-state index contributed by atoms with van der Waals surface area (Å²) in [5, 5.41) is 3.25. The Balaban J connectivity index is 1.55. The third-order valence-corrected chi connectivity index (χ3v) is 5.16. The van der Waals surface area contributed by atoms with Crippen molar-refractivity contribution in [1.29, 1.82) is 0 Å². The lowest BCUT2D eigenvalue weighted by atomic mass is 9.73. The number of amides is 1. The van der Waals surface area contributed by atoms with Crippen LogP contribution in [-0.4, -0.2) is 50.2 Å². The Hall–Kier alpha value is -0.610. The molecule has 0 unspecified atom stereocenters. The van der Waals surface area contributed by atoms with Crippen molar-refractivity contribution in [2.24, 2.45) is 11.3 Å². The van der Waals surface area contributed by atoms with Crippen LogP contribution in [-0.2, 0) is 9.53 Å². The molecule has 3 aliphatic rings. The summed E-state index contributed by atoms with van der Waals surface area (Å²) in [6.07, 6.45) is 8.75. The molecule has 0 aromatic heterocycles. The van der Waals surface area contributed by atoms with Crippen LogP contribution in [0, 0.1) is 11.3 Å². The van der Waals surface area contributed by atoms with E-state index in [1.807, 2.05) is 0 Å². The number of ether oxygens (including phenoxy) is 1. The van der Waals surface area contributed by atoms with E-state index in [4.69, 9.17) is 4.74 Å². The maximum Gasteiger partial charge on any atom is 0.223 e. The van der Waals surface area contributed by atoms with Gasteiger partial charge in [-0.05, 0) is 25.7 Å². The van der Waals surface area contributed by atoms with E-state index < -0.39 is 0 Å². The highest BCUT2D eigenvalue weighted by Gasteiger charge is 2.36. The van der Waals surface area contributed by atoms with E-state index in [-0.39, 0.29) is 0 Å². The molecule has 1 N–H and O–H groups in total. The minimum Gasteiger partial charge on any atom is -0.379 e. The van der Waals surface area contributed by atoms with Gasteiger partial charge in [-0.15, -0.1) is 0 Å². The molecule has 4 heteroatoms. The van der Waals surface area contributed by atoms with Gasteiger partial charge in [-0.2, -0.15) is 0 Å². The molecule has 0 radical (unpaired) electrons. The highest BCUT2D eigenvalue weighted by molar-refractivity contribution is 5.80. The van der Waals surface area contributed by atoms with E-state index in [2.05, 4.69) is 10.2 Å². The van der Waals surface area contributed by atoms with Crippen LogP contribution < -0.4 is 5.32 Å². The summed E-state index contributed by atoms with van der Waals surface area (Å²) < 4.78 is 5.45. The second-order valence-electron chi connectivity index (χ2n) is 6.94. The van der Waals surface area contributed by atoms with E-state index in [1.54, 1.807) is 0 Å². The van der Waals surface area contributed by atoms with Crippen molar-refractivity contribution in [3.8, 4) is 0 Å². The summed E-state index contributed by atoms with van der Waals surface area (Å²) in [4.78, 5) is 14.5. The number of nitrogens with zero attached hydrogens (tertiary/aromatic N) is 1. The predicted molar refractivity (Wildman–Crippen MR) is 78.5 cm³/mol. The van der Waals surface area contributed by atoms with Gasteiger partial charge >= 0.3 is 0 Å². The number of morpholine rings is 1.